The number of amides is 2. The summed E-state index contributed by atoms with van der Waals surface area (Å²) in [6, 6.07) is 10.7. The third-order valence-electron chi connectivity index (χ3n) is 3.20. The van der Waals surface area contributed by atoms with Gasteiger partial charge in [0.15, 0.2) is 0 Å². The Morgan fingerprint density at radius 1 is 1.05 bits per heavy atom. The molecule has 0 aliphatic carbocycles. The lowest BCUT2D eigenvalue weighted by atomic mass is 10.1. The molecule has 0 atom stereocenters. The van der Waals surface area contributed by atoms with Crippen molar-refractivity contribution in [3.05, 3.63) is 59.4 Å². The summed E-state index contributed by atoms with van der Waals surface area (Å²) >= 11 is 1.22. The van der Waals surface area contributed by atoms with E-state index in [9.17, 15) is 14.0 Å². The van der Waals surface area contributed by atoms with E-state index in [1.54, 1.807) is 24.3 Å². The number of carbonyl (C=O) groups excluding carboxylic acids is 2. The van der Waals surface area contributed by atoms with Crippen LogP contribution < -0.4 is 5.73 Å². The van der Waals surface area contributed by atoms with Crippen molar-refractivity contribution in [3.63, 3.8) is 0 Å². The number of nitrogens with zero attached hydrogens (tertiary/aromatic N) is 1. The van der Waals surface area contributed by atoms with Gasteiger partial charge in [0.05, 0.1) is 17.0 Å². The normalized spacial score (nSPS) is 13.7. The summed E-state index contributed by atoms with van der Waals surface area (Å²) in [5.74, 6) is -0.910. The number of nitrogens with two attached hydrogens (primary N) is 1. The van der Waals surface area contributed by atoms with Gasteiger partial charge in [-0.25, -0.2) is 4.39 Å². The van der Waals surface area contributed by atoms with Crippen molar-refractivity contribution in [2.75, 3.05) is 11.6 Å². The van der Waals surface area contributed by atoms with Crippen LogP contribution in [0.2, 0.25) is 0 Å². The molecule has 4 nitrogen and oxygen atoms in total. The molecule has 0 unspecified atom stereocenters. The van der Waals surface area contributed by atoms with E-state index in [0.717, 1.165) is 4.90 Å². The highest BCUT2D eigenvalue weighted by molar-refractivity contribution is 7.99. The molecule has 106 valence electrons. The zero-order valence-electron chi connectivity index (χ0n) is 10.9. The van der Waals surface area contributed by atoms with Crippen LogP contribution in [0, 0.1) is 5.82 Å². The van der Waals surface area contributed by atoms with Gasteiger partial charge >= 0.3 is 0 Å². The molecular weight excluding hydrogens is 291 g/mol. The van der Waals surface area contributed by atoms with Gasteiger partial charge < -0.3 is 5.73 Å². The molecule has 0 bridgehead atoms. The smallest absolute Gasteiger partial charge is 0.262 e. The highest BCUT2D eigenvalue weighted by Gasteiger charge is 2.34. The Labute approximate surface area is 124 Å². The molecular formula is C15H11FN2O2S. The Balaban J connectivity index is 1.78. The molecule has 3 rings (SSSR count). The Morgan fingerprint density at radius 2 is 1.67 bits per heavy atom. The maximum atomic E-state index is 13.0. The average molecular weight is 302 g/mol. The standard InChI is InChI=1S/C15H11FN2O2S/c16-9-5-6-13(12(17)7-9)21-8-18-14(19)10-3-1-2-4-11(10)15(18)20/h1-7H,8,17H2. The summed E-state index contributed by atoms with van der Waals surface area (Å²) in [6.07, 6.45) is 0. The number of carbonyl (C=O) groups is 2. The summed E-state index contributed by atoms with van der Waals surface area (Å²) < 4.78 is 13.0. The van der Waals surface area contributed by atoms with E-state index >= 15 is 0 Å². The molecule has 21 heavy (non-hydrogen) atoms. The highest BCUT2D eigenvalue weighted by atomic mass is 32.2. The number of rotatable bonds is 3. The number of halogens is 1. The number of fused-ring (bicyclic) bond motifs is 1. The monoisotopic (exact) mass is 302 g/mol. The third-order valence-corrected chi connectivity index (χ3v) is 4.27. The van der Waals surface area contributed by atoms with E-state index in [0.29, 0.717) is 16.0 Å². The molecule has 2 aromatic carbocycles. The Hall–Kier alpha value is -2.34. The molecule has 2 aromatic rings. The van der Waals surface area contributed by atoms with Crippen LogP contribution in [0.4, 0.5) is 10.1 Å². The lowest BCUT2D eigenvalue weighted by Crippen LogP contribution is -2.29. The first-order chi connectivity index (χ1) is 10.1. The number of imide groups is 1. The van der Waals surface area contributed by atoms with Gasteiger partial charge in [-0.05, 0) is 30.3 Å². The van der Waals surface area contributed by atoms with Crippen LogP contribution >= 0.6 is 11.8 Å². The minimum Gasteiger partial charge on any atom is -0.398 e. The minimum absolute atomic E-state index is 0.141. The SMILES string of the molecule is Nc1cc(F)ccc1SCN1C(=O)c2ccccc2C1=O. The van der Waals surface area contributed by atoms with Crippen LogP contribution in [0.5, 0.6) is 0 Å². The first-order valence-corrected chi connectivity index (χ1v) is 7.19. The van der Waals surface area contributed by atoms with E-state index < -0.39 is 5.82 Å². The van der Waals surface area contributed by atoms with Crippen LogP contribution in [0.15, 0.2) is 47.4 Å². The number of nitrogen functional groups attached to an aromatic ring is 1. The molecule has 6 heteroatoms. The fourth-order valence-corrected chi connectivity index (χ4v) is 3.03. The van der Waals surface area contributed by atoms with Crippen LogP contribution in [0.3, 0.4) is 0 Å². The van der Waals surface area contributed by atoms with Crippen LogP contribution in [-0.4, -0.2) is 22.6 Å². The van der Waals surface area contributed by atoms with Gasteiger partial charge in [-0.15, -0.1) is 11.8 Å². The van der Waals surface area contributed by atoms with E-state index in [-0.39, 0.29) is 23.4 Å². The molecule has 0 saturated carbocycles. The van der Waals surface area contributed by atoms with Gasteiger partial charge in [0, 0.05) is 10.6 Å². The zero-order valence-corrected chi connectivity index (χ0v) is 11.7. The second-order valence-electron chi connectivity index (χ2n) is 4.54. The van der Waals surface area contributed by atoms with Gasteiger partial charge in [0.2, 0.25) is 0 Å². The number of anilines is 1. The molecule has 0 aromatic heterocycles. The molecule has 0 spiro atoms. The topological polar surface area (TPSA) is 63.4 Å². The maximum Gasteiger partial charge on any atom is 0.262 e. The van der Waals surface area contributed by atoms with Crippen molar-refractivity contribution in [2.45, 2.75) is 4.90 Å². The van der Waals surface area contributed by atoms with Crippen molar-refractivity contribution in [2.24, 2.45) is 0 Å². The Morgan fingerprint density at radius 3 is 2.24 bits per heavy atom. The van der Waals surface area contributed by atoms with Gasteiger partial charge in [-0.2, -0.15) is 0 Å². The molecule has 0 fully saturated rings. The molecule has 0 radical (unpaired) electrons. The summed E-state index contributed by atoms with van der Waals surface area (Å²) in [5.41, 5.74) is 6.82. The molecule has 1 aliphatic rings. The fourth-order valence-electron chi connectivity index (χ4n) is 2.14. The molecule has 0 saturated heterocycles. The first kappa shape index (κ1) is 13.6. The average Bonchev–Trinajstić information content (AvgIpc) is 2.71. The number of hydrogen-bond acceptors (Lipinski definition) is 4. The van der Waals surface area contributed by atoms with E-state index in [4.69, 9.17) is 5.73 Å². The van der Waals surface area contributed by atoms with Crippen molar-refractivity contribution >= 4 is 29.3 Å². The van der Waals surface area contributed by atoms with E-state index in [2.05, 4.69) is 0 Å². The number of benzene rings is 2. The summed E-state index contributed by atoms with van der Waals surface area (Å²) in [6.45, 7) is 0. The zero-order chi connectivity index (χ0) is 15.0. The Bertz CT molecular complexity index is 713. The molecule has 1 aliphatic heterocycles. The lowest BCUT2D eigenvalue weighted by Gasteiger charge is -2.14. The Kier molecular flexibility index (Phi) is 3.39. The van der Waals surface area contributed by atoms with Gasteiger partial charge in [0.1, 0.15) is 5.82 Å². The second-order valence-corrected chi connectivity index (χ2v) is 5.53. The van der Waals surface area contributed by atoms with Gasteiger partial charge in [-0.1, -0.05) is 12.1 Å². The number of hydrogen-bond donors (Lipinski definition) is 1. The van der Waals surface area contributed by atoms with Crippen LogP contribution in [0.25, 0.3) is 0 Å². The quantitative estimate of drug-likeness (QED) is 0.538. The maximum absolute atomic E-state index is 13.0. The highest BCUT2D eigenvalue weighted by Crippen LogP contribution is 2.30. The van der Waals surface area contributed by atoms with Crippen LogP contribution in [0.1, 0.15) is 20.7 Å². The van der Waals surface area contributed by atoms with Crippen molar-refractivity contribution in [1.29, 1.82) is 0 Å². The predicted octanol–water partition coefficient (Wildman–Crippen LogP) is 2.75. The first-order valence-electron chi connectivity index (χ1n) is 6.21. The third kappa shape index (κ3) is 2.38. The fraction of sp³-hybridized carbons (Fsp3) is 0.0667. The summed E-state index contributed by atoms with van der Waals surface area (Å²) in [5, 5.41) is 0. The summed E-state index contributed by atoms with van der Waals surface area (Å²) in [7, 11) is 0. The van der Waals surface area contributed by atoms with Gasteiger partial charge in [-0.3, -0.25) is 14.5 Å². The second kappa shape index (κ2) is 5.21. The summed E-state index contributed by atoms with van der Waals surface area (Å²) in [4.78, 5) is 26.1. The minimum atomic E-state index is -0.419. The molecule has 2 amide bonds. The van der Waals surface area contributed by atoms with Crippen molar-refractivity contribution < 1.29 is 14.0 Å². The van der Waals surface area contributed by atoms with E-state index in [1.807, 2.05) is 0 Å². The molecule has 1 heterocycles. The molecule has 2 N–H and O–H groups in total. The van der Waals surface area contributed by atoms with Gasteiger partial charge in [0.25, 0.3) is 11.8 Å². The van der Waals surface area contributed by atoms with Crippen molar-refractivity contribution in [1.82, 2.24) is 4.90 Å². The predicted molar refractivity (Wildman–Crippen MR) is 78.5 cm³/mol. The largest absolute Gasteiger partial charge is 0.398 e. The lowest BCUT2D eigenvalue weighted by molar-refractivity contribution is 0.0684. The van der Waals surface area contributed by atoms with Crippen molar-refractivity contribution in [3.8, 4) is 0 Å². The van der Waals surface area contributed by atoms with E-state index in [1.165, 1.54) is 30.0 Å². The number of thioether (sulfide) groups is 1. The van der Waals surface area contributed by atoms with Crippen LogP contribution in [-0.2, 0) is 0 Å².